The first-order valence-corrected chi connectivity index (χ1v) is 12.0. The Morgan fingerprint density at radius 3 is 3.07 bits per heavy atom. The topological polar surface area (TPSA) is 66.1 Å². The normalized spacial score (nSPS) is 19.6. The number of likely N-dealkylation sites (tertiary alicyclic amines) is 1. The molecule has 0 bridgehead atoms. The van der Waals surface area contributed by atoms with Crippen molar-refractivity contribution in [2.45, 2.75) is 70.1 Å². The van der Waals surface area contributed by atoms with Crippen LogP contribution in [0.4, 0.5) is 0 Å². The van der Waals surface area contributed by atoms with Crippen molar-refractivity contribution in [2.75, 3.05) is 12.3 Å². The summed E-state index contributed by atoms with van der Waals surface area (Å²) in [6, 6.07) is 0.428. The largest absolute Gasteiger partial charge is 0.340 e. The van der Waals surface area contributed by atoms with Crippen molar-refractivity contribution < 1.29 is 4.79 Å². The van der Waals surface area contributed by atoms with Crippen LogP contribution in [0.1, 0.15) is 61.7 Å². The maximum absolute atomic E-state index is 12.5. The van der Waals surface area contributed by atoms with Gasteiger partial charge in [-0.1, -0.05) is 6.92 Å². The Bertz CT molecular complexity index is 889. The third-order valence-corrected chi connectivity index (χ3v) is 7.90. The van der Waals surface area contributed by atoms with Crippen molar-refractivity contribution in [1.82, 2.24) is 14.9 Å². The van der Waals surface area contributed by atoms with Crippen LogP contribution in [0.2, 0.25) is 0 Å². The molecule has 1 atom stereocenters. The molecule has 2 aromatic heterocycles. The fourth-order valence-corrected chi connectivity index (χ4v) is 6.41. The number of piperidine rings is 1. The Morgan fingerprint density at radius 2 is 2.22 bits per heavy atom. The van der Waals surface area contributed by atoms with Gasteiger partial charge in [0.05, 0.1) is 11.1 Å². The van der Waals surface area contributed by atoms with Crippen molar-refractivity contribution in [3.63, 3.8) is 0 Å². The minimum absolute atomic E-state index is 0.00480. The van der Waals surface area contributed by atoms with Crippen LogP contribution in [-0.2, 0) is 23.4 Å². The van der Waals surface area contributed by atoms with E-state index in [1.54, 1.807) is 23.1 Å². The molecule has 146 valence electrons. The Kier molecular flexibility index (Phi) is 5.88. The molecule has 5 nitrogen and oxygen atoms in total. The van der Waals surface area contributed by atoms with E-state index in [0.29, 0.717) is 18.2 Å². The molecule has 1 fully saturated rings. The van der Waals surface area contributed by atoms with Crippen LogP contribution >= 0.6 is 23.1 Å². The van der Waals surface area contributed by atoms with Gasteiger partial charge in [-0.2, -0.15) is 11.8 Å². The number of thiophene rings is 1. The van der Waals surface area contributed by atoms with E-state index in [2.05, 4.69) is 21.8 Å². The van der Waals surface area contributed by atoms with Gasteiger partial charge in [0, 0.05) is 29.6 Å². The monoisotopic (exact) mass is 405 g/mol. The lowest BCUT2D eigenvalue weighted by atomic mass is 10.00. The first-order chi connectivity index (χ1) is 13.2. The van der Waals surface area contributed by atoms with Gasteiger partial charge in [0.2, 0.25) is 5.91 Å². The molecule has 3 heterocycles. The van der Waals surface area contributed by atoms with E-state index in [1.165, 1.54) is 16.9 Å². The molecule has 0 spiro atoms. The molecule has 27 heavy (non-hydrogen) atoms. The number of hydrogen-bond acceptors (Lipinski definition) is 5. The molecule has 1 N–H and O–H groups in total. The lowest BCUT2D eigenvalue weighted by Crippen LogP contribution is -2.43. The van der Waals surface area contributed by atoms with E-state index in [1.807, 2.05) is 0 Å². The summed E-state index contributed by atoms with van der Waals surface area (Å²) in [5.41, 5.74) is 1.23. The molecule has 2 aromatic rings. The number of thioether (sulfide) groups is 1. The maximum Gasteiger partial charge on any atom is 0.259 e. The third-order valence-electron chi connectivity index (χ3n) is 5.74. The number of aromatic amines is 1. The summed E-state index contributed by atoms with van der Waals surface area (Å²) >= 11 is 3.36. The second-order valence-corrected chi connectivity index (χ2v) is 9.69. The van der Waals surface area contributed by atoms with Crippen molar-refractivity contribution >= 4 is 39.2 Å². The smallest absolute Gasteiger partial charge is 0.259 e. The Balaban J connectivity index is 1.33. The van der Waals surface area contributed by atoms with Crippen LogP contribution in [0.25, 0.3) is 10.2 Å². The van der Waals surface area contributed by atoms with Crippen LogP contribution in [0, 0.1) is 0 Å². The minimum Gasteiger partial charge on any atom is -0.340 e. The van der Waals surface area contributed by atoms with Gasteiger partial charge in [-0.15, -0.1) is 11.3 Å². The summed E-state index contributed by atoms with van der Waals surface area (Å²) in [4.78, 5) is 37.0. The van der Waals surface area contributed by atoms with Crippen LogP contribution in [-0.4, -0.2) is 39.1 Å². The van der Waals surface area contributed by atoms with Crippen molar-refractivity contribution in [3.8, 4) is 0 Å². The molecule has 1 saturated heterocycles. The molecule has 7 heteroatoms. The molecule has 2 aliphatic rings. The fourth-order valence-electron chi connectivity index (χ4n) is 4.34. The molecule has 4 rings (SSSR count). The first-order valence-electron chi connectivity index (χ1n) is 10.1. The average Bonchev–Trinajstić information content (AvgIpc) is 3.25. The number of hydrogen-bond donors (Lipinski definition) is 1. The van der Waals surface area contributed by atoms with E-state index < -0.39 is 0 Å². The summed E-state index contributed by atoms with van der Waals surface area (Å²) in [6.07, 6.45) is 8.37. The van der Waals surface area contributed by atoms with Gasteiger partial charge < -0.3 is 9.88 Å². The van der Waals surface area contributed by atoms with E-state index in [0.717, 1.165) is 66.9 Å². The summed E-state index contributed by atoms with van der Waals surface area (Å²) < 4.78 is 0. The summed E-state index contributed by atoms with van der Waals surface area (Å²) in [5, 5.41) is 0.812. The number of fused-ring (bicyclic) bond motifs is 3. The predicted molar refractivity (Wildman–Crippen MR) is 113 cm³/mol. The Labute approximate surface area is 167 Å². The summed E-state index contributed by atoms with van der Waals surface area (Å²) in [6.45, 7) is 3.08. The van der Waals surface area contributed by atoms with Crippen LogP contribution in [0.5, 0.6) is 0 Å². The second kappa shape index (κ2) is 8.35. The number of carbonyl (C=O) groups excluding carboxylic acids is 1. The van der Waals surface area contributed by atoms with Gasteiger partial charge in [-0.25, -0.2) is 4.98 Å². The minimum atomic E-state index is 0.00480. The molecule has 1 aliphatic carbocycles. The molecular formula is C20H27N3O2S2. The number of nitrogens with one attached hydrogen (secondary N) is 1. The lowest BCUT2D eigenvalue weighted by molar-refractivity contribution is -0.134. The van der Waals surface area contributed by atoms with E-state index in [9.17, 15) is 9.59 Å². The van der Waals surface area contributed by atoms with E-state index in [-0.39, 0.29) is 11.5 Å². The number of carbonyl (C=O) groups is 1. The number of rotatable bonds is 6. The number of amides is 1. The highest BCUT2D eigenvalue weighted by Crippen LogP contribution is 2.34. The first kappa shape index (κ1) is 19.0. The van der Waals surface area contributed by atoms with Gasteiger partial charge in [0.25, 0.3) is 5.56 Å². The van der Waals surface area contributed by atoms with Gasteiger partial charge in [-0.3, -0.25) is 9.59 Å². The molecule has 1 aliphatic heterocycles. The second-order valence-electron chi connectivity index (χ2n) is 7.50. The summed E-state index contributed by atoms with van der Waals surface area (Å²) in [5.74, 6) is 2.43. The molecule has 1 unspecified atom stereocenters. The maximum atomic E-state index is 12.5. The molecule has 0 aromatic carbocycles. The fraction of sp³-hybridized carbons (Fsp3) is 0.650. The summed E-state index contributed by atoms with van der Waals surface area (Å²) in [7, 11) is 0. The Morgan fingerprint density at radius 1 is 1.33 bits per heavy atom. The number of nitrogens with zero attached hydrogens (tertiary/aromatic N) is 2. The lowest BCUT2D eigenvalue weighted by Gasteiger charge is -2.35. The van der Waals surface area contributed by atoms with Gasteiger partial charge >= 0.3 is 0 Å². The molecule has 1 amide bonds. The zero-order valence-corrected chi connectivity index (χ0v) is 17.5. The third kappa shape index (κ3) is 3.94. The predicted octanol–water partition coefficient (Wildman–Crippen LogP) is 3.89. The van der Waals surface area contributed by atoms with Crippen molar-refractivity contribution in [3.05, 3.63) is 26.6 Å². The van der Waals surface area contributed by atoms with Gasteiger partial charge in [-0.05, 0) is 50.5 Å². The van der Waals surface area contributed by atoms with Crippen LogP contribution in [0.3, 0.4) is 0 Å². The number of aryl methyl sites for hydroxylation is 2. The molecule has 0 radical (unpaired) electrons. The highest BCUT2D eigenvalue weighted by atomic mass is 32.2. The van der Waals surface area contributed by atoms with Crippen LogP contribution < -0.4 is 5.56 Å². The zero-order valence-electron chi connectivity index (χ0n) is 15.9. The number of aromatic nitrogens is 2. The number of H-pyrrole nitrogens is 1. The average molecular weight is 406 g/mol. The van der Waals surface area contributed by atoms with Crippen molar-refractivity contribution in [1.29, 1.82) is 0 Å². The van der Waals surface area contributed by atoms with Gasteiger partial charge in [0.15, 0.2) is 0 Å². The van der Waals surface area contributed by atoms with Crippen molar-refractivity contribution in [2.24, 2.45) is 0 Å². The standard InChI is InChI=1S/C20H27N3O2S2/c1-2-13-6-3-4-10-23(13)17(24)9-11-26-12-16-21-19(25)18-14-7-5-8-15(14)27-20(18)22-16/h13H,2-12H2,1H3,(H,21,22,25). The van der Waals surface area contributed by atoms with Crippen LogP contribution in [0.15, 0.2) is 4.79 Å². The zero-order chi connectivity index (χ0) is 18.8. The van der Waals surface area contributed by atoms with E-state index in [4.69, 9.17) is 0 Å². The van der Waals surface area contributed by atoms with E-state index >= 15 is 0 Å². The quantitative estimate of drug-likeness (QED) is 0.741. The SMILES string of the molecule is CCC1CCCCN1C(=O)CCSCc1nc2sc3c(c2c(=O)[nH]1)CCC3. The van der Waals surface area contributed by atoms with Gasteiger partial charge in [0.1, 0.15) is 10.7 Å². The molecule has 0 saturated carbocycles. The highest BCUT2D eigenvalue weighted by molar-refractivity contribution is 7.98. The highest BCUT2D eigenvalue weighted by Gasteiger charge is 2.25. The molecular weight excluding hydrogens is 378 g/mol. The Hall–Kier alpha value is -1.34.